The summed E-state index contributed by atoms with van der Waals surface area (Å²) >= 11 is 0. The number of amides is 1. The molecule has 0 saturated carbocycles. The number of anilines is 1. The molecule has 0 unspecified atom stereocenters. The van der Waals surface area contributed by atoms with E-state index in [9.17, 15) is 13.2 Å². The Morgan fingerprint density at radius 3 is 2.54 bits per heavy atom. The Balaban J connectivity index is 1.60. The molecule has 192 valence electrons. The van der Waals surface area contributed by atoms with Crippen LogP contribution in [0.25, 0.3) is 22.6 Å². The number of rotatable bonds is 7. The van der Waals surface area contributed by atoms with E-state index in [0.29, 0.717) is 39.4 Å². The summed E-state index contributed by atoms with van der Waals surface area (Å²) in [5, 5.41) is 5.14. The van der Waals surface area contributed by atoms with Gasteiger partial charge in [0.2, 0.25) is 11.8 Å². The van der Waals surface area contributed by atoms with Gasteiger partial charge in [0.1, 0.15) is 6.26 Å². The molecule has 1 fully saturated rings. The molecular weight excluding hydrogens is 496 g/mol. The molecule has 0 bridgehead atoms. The molecule has 0 atom stereocenters. The molecule has 2 aromatic carbocycles. The van der Waals surface area contributed by atoms with Crippen LogP contribution in [0.2, 0.25) is 0 Å². The third-order valence-electron chi connectivity index (χ3n) is 6.34. The first-order chi connectivity index (χ1) is 17.6. The van der Waals surface area contributed by atoms with Gasteiger partial charge in [-0.3, -0.25) is 9.63 Å². The summed E-state index contributed by atoms with van der Waals surface area (Å²) in [4.78, 5) is 22.9. The lowest BCUT2D eigenvalue weighted by Crippen LogP contribution is -2.30. The van der Waals surface area contributed by atoms with Crippen LogP contribution in [-0.4, -0.2) is 36.1 Å². The molecule has 37 heavy (non-hydrogen) atoms. The molecule has 1 aliphatic rings. The zero-order valence-electron chi connectivity index (χ0n) is 20.8. The molecule has 0 spiro atoms. The van der Waals surface area contributed by atoms with Gasteiger partial charge in [0.05, 0.1) is 35.4 Å². The first-order valence-corrected chi connectivity index (χ1v) is 13.1. The summed E-state index contributed by atoms with van der Waals surface area (Å²) in [6, 6.07) is 12.0. The molecule has 1 amide bonds. The van der Waals surface area contributed by atoms with Crippen molar-refractivity contribution in [1.82, 2.24) is 15.2 Å². The summed E-state index contributed by atoms with van der Waals surface area (Å²) in [5.74, 6) is 0.310. The number of nitrogens with zero attached hydrogens (tertiary/aromatic N) is 3. The number of aromatic nitrogens is 2. The Morgan fingerprint density at radius 2 is 1.89 bits per heavy atom. The number of nitrogens with one attached hydrogen (secondary N) is 1. The third-order valence-corrected chi connectivity index (χ3v) is 7.73. The molecule has 1 N–H and O–H groups in total. The van der Waals surface area contributed by atoms with Crippen LogP contribution in [-0.2, 0) is 26.2 Å². The number of hydrogen-bond acceptors (Lipinski definition) is 8. The lowest BCUT2D eigenvalue weighted by atomic mass is 9.94. The Morgan fingerprint density at radius 1 is 1.11 bits per heavy atom. The van der Waals surface area contributed by atoms with E-state index in [1.807, 2.05) is 19.9 Å². The number of benzene rings is 2. The zero-order valence-corrected chi connectivity index (χ0v) is 21.6. The quantitative estimate of drug-likeness (QED) is 0.369. The Bertz CT molecular complexity index is 1570. The molecule has 11 heteroatoms. The average molecular weight is 523 g/mol. The van der Waals surface area contributed by atoms with Crippen molar-refractivity contribution in [2.24, 2.45) is 5.41 Å². The Hall–Kier alpha value is -3.96. The fraction of sp³-hybridized carbons (Fsp3) is 0.269. The SMILES string of the molecule is Cc1noc(NS(=O)(=O)c2ccccc2-c2ccc(-c3ncco3)cc2CN2OCC(C)(C)C2=O)c1C. The minimum Gasteiger partial charge on any atom is -0.445 e. The van der Waals surface area contributed by atoms with Gasteiger partial charge in [0.25, 0.3) is 15.9 Å². The topological polar surface area (TPSA) is 128 Å². The zero-order chi connectivity index (χ0) is 26.4. The van der Waals surface area contributed by atoms with Crippen LogP contribution < -0.4 is 4.72 Å². The van der Waals surface area contributed by atoms with Crippen LogP contribution in [0.15, 0.2) is 68.8 Å². The van der Waals surface area contributed by atoms with Crippen LogP contribution in [0, 0.1) is 19.3 Å². The second kappa shape index (κ2) is 9.16. The highest BCUT2D eigenvalue weighted by Gasteiger charge is 2.40. The van der Waals surface area contributed by atoms with E-state index in [-0.39, 0.29) is 29.8 Å². The lowest BCUT2D eigenvalue weighted by molar-refractivity contribution is -0.165. The number of hydroxylamine groups is 2. The van der Waals surface area contributed by atoms with E-state index in [2.05, 4.69) is 14.9 Å². The molecular formula is C26H26N4O6S. The van der Waals surface area contributed by atoms with Gasteiger partial charge in [0.15, 0.2) is 0 Å². The monoisotopic (exact) mass is 522 g/mol. The van der Waals surface area contributed by atoms with Gasteiger partial charge in [-0.2, -0.15) is 0 Å². The van der Waals surface area contributed by atoms with E-state index in [1.165, 1.54) is 17.4 Å². The molecule has 5 rings (SSSR count). The fourth-order valence-electron chi connectivity index (χ4n) is 4.07. The summed E-state index contributed by atoms with van der Waals surface area (Å²) in [6.45, 7) is 7.46. The molecule has 2 aromatic heterocycles. The molecule has 0 aliphatic carbocycles. The summed E-state index contributed by atoms with van der Waals surface area (Å²) < 4.78 is 40.1. The highest BCUT2D eigenvalue weighted by Crippen LogP contribution is 2.36. The maximum absolute atomic E-state index is 13.5. The maximum atomic E-state index is 13.5. The van der Waals surface area contributed by atoms with E-state index >= 15 is 0 Å². The standard InChI is InChI=1S/C26H26N4O6S/c1-16-17(2)28-36-23(16)29-37(32,33)22-8-6-5-7-21(22)20-10-9-18(24-27-11-12-34-24)13-19(20)14-30-25(31)26(3,4)15-35-30/h5-13,29H,14-15H2,1-4H3. The smallest absolute Gasteiger partial charge is 0.264 e. The largest absolute Gasteiger partial charge is 0.445 e. The highest BCUT2D eigenvalue weighted by atomic mass is 32.2. The van der Waals surface area contributed by atoms with Gasteiger partial charge in [-0.25, -0.2) is 23.2 Å². The number of carbonyl (C=O) groups is 1. The van der Waals surface area contributed by atoms with Crippen molar-refractivity contribution in [3.05, 3.63) is 71.7 Å². The summed E-state index contributed by atoms with van der Waals surface area (Å²) in [6.07, 6.45) is 3.01. The van der Waals surface area contributed by atoms with Gasteiger partial charge in [-0.05, 0) is 57.0 Å². The van der Waals surface area contributed by atoms with Crippen LogP contribution in [0.3, 0.4) is 0 Å². The second-order valence-electron chi connectivity index (χ2n) is 9.53. The van der Waals surface area contributed by atoms with Crippen molar-refractivity contribution < 1.29 is 27.0 Å². The van der Waals surface area contributed by atoms with Crippen molar-refractivity contribution >= 4 is 21.8 Å². The van der Waals surface area contributed by atoms with Crippen molar-refractivity contribution in [2.45, 2.75) is 39.1 Å². The van der Waals surface area contributed by atoms with Crippen molar-refractivity contribution in [1.29, 1.82) is 0 Å². The van der Waals surface area contributed by atoms with E-state index in [0.717, 1.165) is 0 Å². The molecule has 1 aliphatic heterocycles. The Labute approximate surface area is 214 Å². The van der Waals surface area contributed by atoms with Gasteiger partial charge >= 0.3 is 0 Å². The number of aryl methyl sites for hydroxylation is 1. The predicted molar refractivity (Wildman–Crippen MR) is 134 cm³/mol. The van der Waals surface area contributed by atoms with Crippen molar-refractivity contribution in [3.8, 4) is 22.6 Å². The Kier molecular flexibility index (Phi) is 6.12. The van der Waals surface area contributed by atoms with E-state index in [4.69, 9.17) is 13.8 Å². The van der Waals surface area contributed by atoms with Crippen molar-refractivity contribution in [3.63, 3.8) is 0 Å². The minimum absolute atomic E-state index is 0.0440. The van der Waals surface area contributed by atoms with Gasteiger partial charge in [-0.1, -0.05) is 29.4 Å². The van der Waals surface area contributed by atoms with E-state index < -0.39 is 15.4 Å². The number of carbonyl (C=O) groups excluding carboxylic acids is 1. The molecule has 0 radical (unpaired) electrons. The molecule has 1 saturated heterocycles. The average Bonchev–Trinajstić information content (AvgIpc) is 3.58. The van der Waals surface area contributed by atoms with Gasteiger partial charge in [0, 0.05) is 16.7 Å². The van der Waals surface area contributed by atoms with Crippen LogP contribution in [0.4, 0.5) is 5.88 Å². The normalized spacial score (nSPS) is 15.4. The van der Waals surface area contributed by atoms with Crippen molar-refractivity contribution in [2.75, 3.05) is 11.3 Å². The molecule has 10 nitrogen and oxygen atoms in total. The number of hydrogen-bond donors (Lipinski definition) is 1. The maximum Gasteiger partial charge on any atom is 0.264 e. The summed E-state index contributed by atoms with van der Waals surface area (Å²) in [7, 11) is -4.05. The summed E-state index contributed by atoms with van der Waals surface area (Å²) in [5.41, 5.74) is 2.94. The second-order valence-corrected chi connectivity index (χ2v) is 11.2. The molecule has 4 aromatic rings. The first-order valence-electron chi connectivity index (χ1n) is 11.6. The van der Waals surface area contributed by atoms with Crippen LogP contribution in [0.5, 0.6) is 0 Å². The fourth-order valence-corrected chi connectivity index (χ4v) is 5.34. The minimum atomic E-state index is -4.05. The van der Waals surface area contributed by atoms with Crippen LogP contribution in [0.1, 0.15) is 30.7 Å². The van der Waals surface area contributed by atoms with E-state index in [1.54, 1.807) is 50.4 Å². The lowest BCUT2D eigenvalue weighted by Gasteiger charge is -2.20. The van der Waals surface area contributed by atoms with Crippen LogP contribution >= 0.6 is 0 Å². The molecule has 3 heterocycles. The third kappa shape index (κ3) is 4.63. The van der Waals surface area contributed by atoms with Gasteiger partial charge < -0.3 is 8.94 Å². The highest BCUT2D eigenvalue weighted by molar-refractivity contribution is 7.92. The number of sulfonamides is 1. The predicted octanol–water partition coefficient (Wildman–Crippen LogP) is 4.71. The van der Waals surface area contributed by atoms with Gasteiger partial charge in [-0.15, -0.1) is 0 Å². The number of oxazole rings is 1. The first kappa shape index (κ1) is 24.7.